The van der Waals surface area contributed by atoms with Gasteiger partial charge in [-0.25, -0.2) is 9.97 Å². The van der Waals surface area contributed by atoms with Crippen molar-refractivity contribution in [2.75, 3.05) is 39.7 Å². The Morgan fingerprint density at radius 3 is 1.77 bits per heavy atom. The van der Waals surface area contributed by atoms with Crippen LogP contribution in [-0.4, -0.2) is 61.4 Å². The predicted molar refractivity (Wildman–Crippen MR) is 140 cm³/mol. The Balaban J connectivity index is 2.29. The number of aromatic nitrogens is 2. The molecule has 3 aromatic rings. The largest absolute Gasteiger partial charge is 0.493 e. The molecule has 0 bridgehead atoms. The summed E-state index contributed by atoms with van der Waals surface area (Å²) in [5.74, 6) is 0.325. The van der Waals surface area contributed by atoms with E-state index in [9.17, 15) is 26.3 Å². The monoisotopic (exact) mass is 574 g/mol. The average Bonchev–Trinajstić information content (AvgIpc) is 2.87. The van der Waals surface area contributed by atoms with Crippen LogP contribution in [0.3, 0.4) is 0 Å². The van der Waals surface area contributed by atoms with Crippen LogP contribution in [-0.2, 0) is 12.4 Å². The van der Waals surface area contributed by atoms with Gasteiger partial charge in [0.25, 0.3) is 0 Å². The first-order valence-corrected chi connectivity index (χ1v) is 12.4. The van der Waals surface area contributed by atoms with Gasteiger partial charge in [0, 0.05) is 30.7 Å². The van der Waals surface area contributed by atoms with Gasteiger partial charge in [-0.2, -0.15) is 26.3 Å². The van der Waals surface area contributed by atoms with Gasteiger partial charge in [0.15, 0.2) is 17.3 Å². The first kappa shape index (κ1) is 31.1. The molecule has 0 saturated carbocycles. The van der Waals surface area contributed by atoms with Crippen molar-refractivity contribution in [3.8, 4) is 28.6 Å². The van der Waals surface area contributed by atoms with E-state index in [-0.39, 0.29) is 52.6 Å². The van der Waals surface area contributed by atoms with Crippen LogP contribution in [0.5, 0.6) is 17.2 Å². The van der Waals surface area contributed by atoms with Gasteiger partial charge >= 0.3 is 12.4 Å². The molecule has 0 aliphatic rings. The van der Waals surface area contributed by atoms with Gasteiger partial charge in [-0.05, 0) is 52.0 Å². The molecule has 3 rings (SSSR count). The maximum absolute atomic E-state index is 13.6. The highest BCUT2D eigenvalue weighted by Crippen LogP contribution is 2.45. The third-order valence-corrected chi connectivity index (χ3v) is 6.33. The van der Waals surface area contributed by atoms with E-state index in [2.05, 4.69) is 20.2 Å². The number of benzene rings is 2. The molecule has 2 aromatic carbocycles. The molecule has 0 fully saturated rings. The van der Waals surface area contributed by atoms with E-state index in [1.807, 2.05) is 27.7 Å². The number of alkyl halides is 6. The maximum atomic E-state index is 13.6. The van der Waals surface area contributed by atoms with E-state index in [0.717, 1.165) is 0 Å². The third kappa shape index (κ3) is 6.62. The van der Waals surface area contributed by atoms with E-state index in [4.69, 9.17) is 14.2 Å². The second-order valence-corrected chi connectivity index (χ2v) is 9.58. The summed E-state index contributed by atoms with van der Waals surface area (Å²) in [5.41, 5.74) is -3.29. The van der Waals surface area contributed by atoms with Gasteiger partial charge in [0.1, 0.15) is 11.3 Å². The van der Waals surface area contributed by atoms with Crippen LogP contribution in [0.2, 0.25) is 0 Å². The Morgan fingerprint density at radius 1 is 0.775 bits per heavy atom. The van der Waals surface area contributed by atoms with Crippen molar-refractivity contribution in [3.63, 3.8) is 0 Å². The Morgan fingerprint density at radius 2 is 1.32 bits per heavy atom. The first-order valence-electron chi connectivity index (χ1n) is 12.4. The second kappa shape index (κ2) is 11.9. The van der Waals surface area contributed by atoms with Crippen molar-refractivity contribution in [1.82, 2.24) is 14.9 Å². The summed E-state index contributed by atoms with van der Waals surface area (Å²) in [7, 11) is 4.11. The number of anilines is 1. The number of halogens is 6. The minimum atomic E-state index is -5.03. The van der Waals surface area contributed by atoms with E-state index in [0.29, 0.717) is 30.6 Å². The zero-order chi connectivity index (χ0) is 30.0. The van der Waals surface area contributed by atoms with Gasteiger partial charge < -0.3 is 19.5 Å². The lowest BCUT2D eigenvalue weighted by atomic mass is 10.0. The molecule has 0 amide bonds. The van der Waals surface area contributed by atoms with Crippen molar-refractivity contribution >= 4 is 16.7 Å². The lowest BCUT2D eigenvalue weighted by molar-refractivity contribution is -0.143. The highest BCUT2D eigenvalue weighted by molar-refractivity contribution is 5.98. The Labute approximate surface area is 228 Å². The fraction of sp³-hybridized carbons (Fsp3) is 0.481. The summed E-state index contributed by atoms with van der Waals surface area (Å²) in [6.07, 6.45) is -10.1. The lowest BCUT2D eigenvalue weighted by Crippen LogP contribution is -2.40. The normalized spacial score (nSPS) is 12.5. The quantitative estimate of drug-likeness (QED) is 0.265. The predicted octanol–water partition coefficient (Wildman–Crippen LogP) is 6.89. The second-order valence-electron chi connectivity index (χ2n) is 9.58. The fourth-order valence-electron chi connectivity index (χ4n) is 4.49. The number of rotatable bonds is 10. The summed E-state index contributed by atoms with van der Waals surface area (Å²) in [4.78, 5) is 10.9. The smallest absolute Gasteiger partial charge is 0.416 e. The summed E-state index contributed by atoms with van der Waals surface area (Å²) in [6, 6.07) is 3.27. The van der Waals surface area contributed by atoms with E-state index < -0.39 is 29.0 Å². The molecule has 0 atom stereocenters. The highest BCUT2D eigenvalue weighted by atomic mass is 19.4. The van der Waals surface area contributed by atoms with Crippen molar-refractivity contribution in [1.29, 1.82) is 0 Å². The van der Waals surface area contributed by atoms with Gasteiger partial charge in [0.05, 0.1) is 37.8 Å². The minimum absolute atomic E-state index is 0.0601. The summed E-state index contributed by atoms with van der Waals surface area (Å²) in [6.45, 7) is 9.15. The fourth-order valence-corrected chi connectivity index (χ4v) is 4.49. The number of methoxy groups -OCH3 is 3. The Hall–Kier alpha value is -3.48. The molecule has 0 aliphatic carbocycles. The van der Waals surface area contributed by atoms with Crippen LogP contribution in [0, 0.1) is 0 Å². The number of hydrogen-bond acceptors (Lipinski definition) is 7. The van der Waals surface area contributed by atoms with Crippen molar-refractivity contribution in [2.24, 2.45) is 0 Å². The molecule has 0 aliphatic heterocycles. The molecular formula is C27H32F6N4O3. The van der Waals surface area contributed by atoms with Gasteiger partial charge in [-0.1, -0.05) is 0 Å². The SMILES string of the molecule is COc1cc2c(NCCN(C(C)C)C(C)C)nc(-c3cc(C(F)(F)F)cc(C(F)(F)F)c3)nc2c(OC)c1OC. The number of ether oxygens (including phenoxy) is 3. The molecule has 13 heteroatoms. The zero-order valence-corrected chi connectivity index (χ0v) is 23.2. The molecule has 0 saturated heterocycles. The van der Waals surface area contributed by atoms with Crippen LogP contribution in [0.25, 0.3) is 22.3 Å². The first-order chi connectivity index (χ1) is 18.6. The number of nitrogens with zero attached hydrogens (tertiary/aromatic N) is 3. The van der Waals surface area contributed by atoms with Gasteiger partial charge in [0.2, 0.25) is 5.75 Å². The molecular weight excluding hydrogens is 542 g/mol. The van der Waals surface area contributed by atoms with Crippen LogP contribution in [0.15, 0.2) is 24.3 Å². The maximum Gasteiger partial charge on any atom is 0.416 e. The minimum Gasteiger partial charge on any atom is -0.493 e. The molecule has 220 valence electrons. The van der Waals surface area contributed by atoms with Crippen molar-refractivity contribution in [3.05, 3.63) is 35.4 Å². The zero-order valence-electron chi connectivity index (χ0n) is 23.2. The number of hydrogen-bond donors (Lipinski definition) is 1. The molecule has 40 heavy (non-hydrogen) atoms. The molecule has 0 radical (unpaired) electrons. The molecule has 1 heterocycles. The lowest BCUT2D eigenvalue weighted by Gasteiger charge is -2.30. The number of fused-ring (bicyclic) bond motifs is 1. The van der Waals surface area contributed by atoms with Crippen LogP contribution in [0.4, 0.5) is 32.2 Å². The Bertz CT molecular complexity index is 1300. The average molecular weight is 575 g/mol. The molecule has 0 spiro atoms. The van der Waals surface area contributed by atoms with Crippen molar-refractivity contribution < 1.29 is 40.6 Å². The van der Waals surface area contributed by atoms with Crippen LogP contribution >= 0.6 is 0 Å². The topological polar surface area (TPSA) is 68.7 Å². The summed E-state index contributed by atoms with van der Waals surface area (Å²) < 4.78 is 97.8. The summed E-state index contributed by atoms with van der Waals surface area (Å²) >= 11 is 0. The molecule has 0 unspecified atom stereocenters. The van der Waals surface area contributed by atoms with Crippen LogP contribution in [0.1, 0.15) is 38.8 Å². The number of nitrogens with one attached hydrogen (secondary N) is 1. The van der Waals surface area contributed by atoms with E-state index >= 15 is 0 Å². The summed E-state index contributed by atoms with van der Waals surface area (Å²) in [5, 5.41) is 3.56. The molecule has 7 nitrogen and oxygen atoms in total. The van der Waals surface area contributed by atoms with Gasteiger partial charge in [-0.3, -0.25) is 4.90 Å². The van der Waals surface area contributed by atoms with Crippen molar-refractivity contribution in [2.45, 2.75) is 52.1 Å². The van der Waals surface area contributed by atoms with E-state index in [1.165, 1.54) is 21.3 Å². The highest BCUT2D eigenvalue weighted by Gasteiger charge is 2.37. The molecule has 1 aromatic heterocycles. The van der Waals surface area contributed by atoms with E-state index in [1.54, 1.807) is 6.07 Å². The Kier molecular flexibility index (Phi) is 9.28. The standard InChI is InChI=1S/C27H32F6N4O3/c1-14(2)37(15(3)4)9-8-34-25-19-13-20(38-5)22(39-6)23(40-7)21(19)35-24(36-25)16-10-17(26(28,29)30)12-18(11-16)27(31,32)33/h10-15H,8-9H2,1-7H3,(H,34,35,36). The molecule has 1 N–H and O–H groups in total. The third-order valence-electron chi connectivity index (χ3n) is 6.33. The van der Waals surface area contributed by atoms with Crippen LogP contribution < -0.4 is 19.5 Å². The van der Waals surface area contributed by atoms with Gasteiger partial charge in [-0.15, -0.1) is 0 Å².